The van der Waals surface area contributed by atoms with E-state index in [1.807, 2.05) is 12.1 Å². The van der Waals surface area contributed by atoms with Crippen LogP contribution in [0.4, 0.5) is 0 Å². The third-order valence-corrected chi connectivity index (χ3v) is 2.00. The van der Waals surface area contributed by atoms with Gasteiger partial charge in [-0.05, 0) is 23.5 Å². The smallest absolute Gasteiger partial charge is 0.211 e. The summed E-state index contributed by atoms with van der Waals surface area (Å²) in [6.45, 7) is 4.40. The Bertz CT molecular complexity index is 373. The van der Waals surface area contributed by atoms with Gasteiger partial charge in [0.1, 0.15) is 0 Å². The standard InChI is InChI=1S/C12H18N4/c1-9(2)7-10-3-5-11(6-4-10)8-15-16-12(13)14/h3-6,8-9H,7H2,1-2H3,(H4,13,14,16). The number of guanidine groups is 1. The number of hydrogen-bond donors (Lipinski definition) is 2. The summed E-state index contributed by atoms with van der Waals surface area (Å²) in [5.74, 6) is 0.633. The van der Waals surface area contributed by atoms with Gasteiger partial charge in [-0.1, -0.05) is 38.1 Å². The first-order valence-corrected chi connectivity index (χ1v) is 5.29. The molecule has 0 heterocycles. The van der Waals surface area contributed by atoms with Crippen LogP contribution in [-0.4, -0.2) is 12.2 Å². The molecule has 0 radical (unpaired) electrons. The second kappa shape index (κ2) is 5.90. The summed E-state index contributed by atoms with van der Waals surface area (Å²) in [4.78, 5) is 0. The molecule has 4 heteroatoms. The summed E-state index contributed by atoms with van der Waals surface area (Å²) in [5, 5.41) is 7.28. The minimum absolute atomic E-state index is 0.0346. The van der Waals surface area contributed by atoms with Crippen LogP contribution in [0.25, 0.3) is 0 Å². The number of nitrogens with two attached hydrogens (primary N) is 2. The van der Waals surface area contributed by atoms with Crippen LogP contribution in [0.3, 0.4) is 0 Å². The van der Waals surface area contributed by atoms with Gasteiger partial charge in [-0.15, -0.1) is 5.10 Å². The Kier molecular flexibility index (Phi) is 4.51. The Hall–Kier alpha value is -1.84. The van der Waals surface area contributed by atoms with Crippen LogP contribution in [0.1, 0.15) is 25.0 Å². The minimum Gasteiger partial charge on any atom is -0.369 e. The molecule has 0 aromatic heterocycles. The fourth-order valence-electron chi connectivity index (χ4n) is 1.37. The highest BCUT2D eigenvalue weighted by Crippen LogP contribution is 2.08. The quantitative estimate of drug-likeness (QED) is 0.456. The summed E-state index contributed by atoms with van der Waals surface area (Å²) in [6.07, 6.45) is 2.71. The van der Waals surface area contributed by atoms with E-state index in [0.29, 0.717) is 5.92 Å². The van der Waals surface area contributed by atoms with E-state index in [2.05, 4.69) is 36.2 Å². The molecule has 0 spiro atoms. The van der Waals surface area contributed by atoms with Crippen molar-refractivity contribution in [1.29, 1.82) is 0 Å². The molecular formula is C12H18N4. The van der Waals surface area contributed by atoms with Gasteiger partial charge in [0.25, 0.3) is 0 Å². The predicted octanol–water partition coefficient (Wildman–Crippen LogP) is 1.49. The van der Waals surface area contributed by atoms with E-state index in [1.165, 1.54) is 5.56 Å². The van der Waals surface area contributed by atoms with Gasteiger partial charge in [0.2, 0.25) is 5.96 Å². The fourth-order valence-corrected chi connectivity index (χ4v) is 1.37. The average Bonchev–Trinajstić information content (AvgIpc) is 2.19. The molecule has 16 heavy (non-hydrogen) atoms. The summed E-state index contributed by atoms with van der Waals surface area (Å²) in [6, 6.07) is 8.20. The predicted molar refractivity (Wildman–Crippen MR) is 68.4 cm³/mol. The lowest BCUT2D eigenvalue weighted by Crippen LogP contribution is -2.21. The van der Waals surface area contributed by atoms with Crippen LogP contribution in [0.5, 0.6) is 0 Å². The van der Waals surface area contributed by atoms with E-state index >= 15 is 0 Å². The molecule has 4 nitrogen and oxygen atoms in total. The Morgan fingerprint density at radius 1 is 1.25 bits per heavy atom. The Balaban J connectivity index is 2.64. The van der Waals surface area contributed by atoms with Crippen molar-refractivity contribution in [2.45, 2.75) is 20.3 Å². The normalized spacial score (nSPS) is 10.9. The summed E-state index contributed by atoms with van der Waals surface area (Å²) in [5.41, 5.74) is 12.6. The van der Waals surface area contributed by atoms with E-state index < -0.39 is 0 Å². The summed E-state index contributed by atoms with van der Waals surface area (Å²) in [7, 11) is 0. The SMILES string of the molecule is CC(C)Cc1ccc(C=NN=C(N)N)cc1. The molecular weight excluding hydrogens is 200 g/mol. The van der Waals surface area contributed by atoms with Crippen molar-refractivity contribution in [2.75, 3.05) is 0 Å². The number of nitrogens with zero attached hydrogens (tertiary/aromatic N) is 2. The fraction of sp³-hybridized carbons (Fsp3) is 0.333. The van der Waals surface area contributed by atoms with E-state index in [1.54, 1.807) is 6.21 Å². The van der Waals surface area contributed by atoms with Gasteiger partial charge >= 0.3 is 0 Å². The molecule has 0 bridgehead atoms. The first-order valence-electron chi connectivity index (χ1n) is 5.29. The van der Waals surface area contributed by atoms with Crippen LogP contribution in [0.2, 0.25) is 0 Å². The molecule has 4 N–H and O–H groups in total. The third-order valence-electron chi connectivity index (χ3n) is 2.00. The van der Waals surface area contributed by atoms with E-state index in [9.17, 15) is 0 Å². The first kappa shape index (κ1) is 12.2. The highest BCUT2D eigenvalue weighted by molar-refractivity contribution is 5.81. The van der Waals surface area contributed by atoms with Gasteiger partial charge < -0.3 is 11.5 Å². The zero-order valence-electron chi connectivity index (χ0n) is 9.72. The zero-order chi connectivity index (χ0) is 12.0. The maximum Gasteiger partial charge on any atom is 0.211 e. The minimum atomic E-state index is -0.0346. The van der Waals surface area contributed by atoms with Crippen molar-refractivity contribution < 1.29 is 0 Å². The maximum absolute atomic E-state index is 5.15. The van der Waals surface area contributed by atoms with E-state index in [0.717, 1.165) is 12.0 Å². The molecule has 0 aliphatic heterocycles. The molecule has 0 atom stereocenters. The van der Waals surface area contributed by atoms with Gasteiger partial charge in [-0.3, -0.25) is 0 Å². The lowest BCUT2D eigenvalue weighted by Gasteiger charge is -2.04. The lowest BCUT2D eigenvalue weighted by molar-refractivity contribution is 0.647. The topological polar surface area (TPSA) is 76.8 Å². The van der Waals surface area contributed by atoms with Crippen LogP contribution in [0.15, 0.2) is 34.5 Å². The molecule has 1 rings (SSSR count). The molecule has 1 aromatic carbocycles. The largest absolute Gasteiger partial charge is 0.369 e. The summed E-state index contributed by atoms with van der Waals surface area (Å²) < 4.78 is 0. The lowest BCUT2D eigenvalue weighted by atomic mass is 10.0. The van der Waals surface area contributed by atoms with Gasteiger partial charge in [-0.25, -0.2) is 0 Å². The van der Waals surface area contributed by atoms with Crippen molar-refractivity contribution in [3.05, 3.63) is 35.4 Å². The second-order valence-electron chi connectivity index (χ2n) is 4.11. The second-order valence-corrected chi connectivity index (χ2v) is 4.11. The van der Waals surface area contributed by atoms with Crippen LogP contribution >= 0.6 is 0 Å². The molecule has 0 aliphatic carbocycles. The highest BCUT2D eigenvalue weighted by Gasteiger charge is 1.96. The van der Waals surface area contributed by atoms with Gasteiger partial charge in [0.15, 0.2) is 0 Å². The van der Waals surface area contributed by atoms with Gasteiger partial charge in [0.05, 0.1) is 6.21 Å². The number of rotatable bonds is 4. The number of hydrogen-bond acceptors (Lipinski definition) is 2. The van der Waals surface area contributed by atoms with Crippen LogP contribution < -0.4 is 11.5 Å². The third kappa shape index (κ3) is 4.59. The van der Waals surface area contributed by atoms with E-state index in [4.69, 9.17) is 11.5 Å². The van der Waals surface area contributed by atoms with Crippen LogP contribution in [-0.2, 0) is 6.42 Å². The zero-order valence-corrected chi connectivity index (χ0v) is 9.72. The molecule has 0 saturated carbocycles. The molecule has 0 aliphatic rings. The molecule has 0 saturated heterocycles. The van der Waals surface area contributed by atoms with Crippen molar-refractivity contribution in [2.24, 2.45) is 27.6 Å². The van der Waals surface area contributed by atoms with Crippen molar-refractivity contribution >= 4 is 12.2 Å². The monoisotopic (exact) mass is 218 g/mol. The van der Waals surface area contributed by atoms with Gasteiger partial charge in [0, 0.05) is 0 Å². The molecule has 0 fully saturated rings. The highest BCUT2D eigenvalue weighted by atomic mass is 15.3. The molecule has 0 unspecified atom stereocenters. The molecule has 86 valence electrons. The van der Waals surface area contributed by atoms with Crippen molar-refractivity contribution in [1.82, 2.24) is 0 Å². The Morgan fingerprint density at radius 3 is 2.38 bits per heavy atom. The van der Waals surface area contributed by atoms with Crippen molar-refractivity contribution in [3.63, 3.8) is 0 Å². The first-order chi connectivity index (χ1) is 7.58. The summed E-state index contributed by atoms with van der Waals surface area (Å²) >= 11 is 0. The molecule has 0 amide bonds. The Labute approximate surface area is 96.1 Å². The Morgan fingerprint density at radius 2 is 1.88 bits per heavy atom. The average molecular weight is 218 g/mol. The molecule has 1 aromatic rings. The van der Waals surface area contributed by atoms with Crippen molar-refractivity contribution in [3.8, 4) is 0 Å². The number of benzene rings is 1. The van der Waals surface area contributed by atoms with E-state index in [-0.39, 0.29) is 5.96 Å². The van der Waals surface area contributed by atoms with Crippen LogP contribution in [0, 0.1) is 5.92 Å². The van der Waals surface area contributed by atoms with Gasteiger partial charge in [-0.2, -0.15) is 5.10 Å². The maximum atomic E-state index is 5.15.